The summed E-state index contributed by atoms with van der Waals surface area (Å²) in [7, 11) is 0. The van der Waals surface area contributed by atoms with Crippen LogP contribution >= 0.6 is 0 Å². The highest BCUT2D eigenvalue weighted by molar-refractivity contribution is 5.47. The summed E-state index contributed by atoms with van der Waals surface area (Å²) in [5, 5.41) is 9.44. The predicted octanol–water partition coefficient (Wildman–Crippen LogP) is 2.78. The van der Waals surface area contributed by atoms with Crippen LogP contribution in [-0.2, 0) is 0 Å². The standard InChI is InChI=1S/C10H11F4NO/c11-6-1-2-8(15)7(5-6)9(16)3-4-10(12,13)14/h1-2,5,9,16H,3-4,15H2. The van der Waals surface area contributed by atoms with Crippen molar-refractivity contribution in [1.29, 1.82) is 0 Å². The first-order chi connectivity index (χ1) is 7.29. The number of nitrogen functional groups attached to an aromatic ring is 1. The third-order valence-electron chi connectivity index (χ3n) is 2.11. The third kappa shape index (κ3) is 3.69. The number of hydrogen-bond donors (Lipinski definition) is 2. The van der Waals surface area contributed by atoms with E-state index in [2.05, 4.69) is 0 Å². The van der Waals surface area contributed by atoms with Crippen LogP contribution in [0.5, 0.6) is 0 Å². The van der Waals surface area contributed by atoms with Gasteiger partial charge in [0.1, 0.15) is 5.82 Å². The van der Waals surface area contributed by atoms with E-state index in [4.69, 9.17) is 5.73 Å². The number of halogens is 4. The summed E-state index contributed by atoms with van der Waals surface area (Å²) in [5.41, 5.74) is 5.49. The maximum atomic E-state index is 12.8. The number of anilines is 1. The van der Waals surface area contributed by atoms with Gasteiger partial charge in [0.15, 0.2) is 0 Å². The number of nitrogens with two attached hydrogens (primary N) is 1. The third-order valence-corrected chi connectivity index (χ3v) is 2.11. The molecule has 0 saturated carbocycles. The number of aliphatic hydroxyl groups excluding tert-OH is 1. The molecule has 16 heavy (non-hydrogen) atoms. The van der Waals surface area contributed by atoms with Gasteiger partial charge in [-0.3, -0.25) is 0 Å². The molecule has 3 N–H and O–H groups in total. The Kier molecular flexibility index (Phi) is 3.74. The number of hydrogen-bond acceptors (Lipinski definition) is 2. The normalized spacial score (nSPS) is 13.8. The van der Waals surface area contributed by atoms with Gasteiger partial charge in [0.2, 0.25) is 0 Å². The van der Waals surface area contributed by atoms with Crippen LogP contribution in [0.4, 0.5) is 23.2 Å². The Morgan fingerprint density at radius 1 is 1.31 bits per heavy atom. The van der Waals surface area contributed by atoms with Gasteiger partial charge in [-0.15, -0.1) is 0 Å². The van der Waals surface area contributed by atoms with Gasteiger partial charge in [0, 0.05) is 17.7 Å². The van der Waals surface area contributed by atoms with Crippen LogP contribution < -0.4 is 5.73 Å². The Labute approximate surface area is 89.7 Å². The molecule has 0 aliphatic carbocycles. The van der Waals surface area contributed by atoms with Crippen LogP contribution in [0.1, 0.15) is 24.5 Å². The maximum absolute atomic E-state index is 12.8. The summed E-state index contributed by atoms with van der Waals surface area (Å²) < 4.78 is 48.5. The van der Waals surface area contributed by atoms with Gasteiger partial charge >= 0.3 is 6.18 Å². The molecule has 6 heteroatoms. The van der Waals surface area contributed by atoms with E-state index in [1.807, 2.05) is 0 Å². The Bertz CT molecular complexity index is 364. The molecule has 0 fully saturated rings. The average Bonchev–Trinajstić information content (AvgIpc) is 2.17. The fourth-order valence-electron chi connectivity index (χ4n) is 1.29. The molecule has 2 nitrogen and oxygen atoms in total. The van der Waals surface area contributed by atoms with Gasteiger partial charge in [-0.05, 0) is 24.6 Å². The summed E-state index contributed by atoms with van der Waals surface area (Å²) in [6.45, 7) is 0. The van der Waals surface area contributed by atoms with E-state index in [-0.39, 0.29) is 11.3 Å². The van der Waals surface area contributed by atoms with E-state index in [1.54, 1.807) is 0 Å². The molecule has 0 radical (unpaired) electrons. The van der Waals surface area contributed by atoms with Gasteiger partial charge in [0.25, 0.3) is 0 Å². The van der Waals surface area contributed by atoms with Crippen molar-refractivity contribution in [2.45, 2.75) is 25.1 Å². The van der Waals surface area contributed by atoms with E-state index in [0.29, 0.717) is 0 Å². The van der Waals surface area contributed by atoms with Crippen molar-refractivity contribution < 1.29 is 22.7 Å². The number of benzene rings is 1. The van der Waals surface area contributed by atoms with E-state index in [9.17, 15) is 22.7 Å². The molecule has 1 atom stereocenters. The summed E-state index contributed by atoms with van der Waals surface area (Å²) >= 11 is 0. The summed E-state index contributed by atoms with van der Waals surface area (Å²) in [6.07, 6.45) is -7.41. The first-order valence-electron chi connectivity index (χ1n) is 4.59. The highest BCUT2D eigenvalue weighted by Crippen LogP contribution is 2.30. The monoisotopic (exact) mass is 237 g/mol. The number of aliphatic hydroxyl groups is 1. The molecule has 0 bridgehead atoms. The van der Waals surface area contributed by atoms with Crippen LogP contribution in [0, 0.1) is 5.82 Å². The molecule has 0 saturated heterocycles. The first-order valence-corrected chi connectivity index (χ1v) is 4.59. The molecular weight excluding hydrogens is 226 g/mol. The van der Waals surface area contributed by atoms with Gasteiger partial charge in [-0.2, -0.15) is 13.2 Å². The predicted molar refractivity (Wildman–Crippen MR) is 51.1 cm³/mol. The maximum Gasteiger partial charge on any atom is 0.389 e. The SMILES string of the molecule is Nc1ccc(F)cc1C(O)CCC(F)(F)F. The minimum Gasteiger partial charge on any atom is -0.398 e. The molecule has 90 valence electrons. The largest absolute Gasteiger partial charge is 0.398 e. The van der Waals surface area contributed by atoms with Crippen LogP contribution in [-0.4, -0.2) is 11.3 Å². The molecule has 0 spiro atoms. The van der Waals surface area contributed by atoms with Crippen molar-refractivity contribution in [2.75, 3.05) is 5.73 Å². The quantitative estimate of drug-likeness (QED) is 0.627. The lowest BCUT2D eigenvalue weighted by Gasteiger charge is -2.14. The molecule has 0 heterocycles. The van der Waals surface area contributed by atoms with Crippen molar-refractivity contribution in [1.82, 2.24) is 0 Å². The molecule has 1 unspecified atom stereocenters. The van der Waals surface area contributed by atoms with Gasteiger partial charge in [0.05, 0.1) is 6.10 Å². The Hall–Kier alpha value is -1.30. The molecular formula is C10H11F4NO. The summed E-state index contributed by atoms with van der Waals surface area (Å²) in [6, 6.07) is 3.23. The Morgan fingerprint density at radius 3 is 2.50 bits per heavy atom. The van der Waals surface area contributed by atoms with E-state index >= 15 is 0 Å². The van der Waals surface area contributed by atoms with Crippen LogP contribution in [0.25, 0.3) is 0 Å². The van der Waals surface area contributed by atoms with Gasteiger partial charge in [-0.25, -0.2) is 4.39 Å². The Morgan fingerprint density at radius 2 is 1.94 bits per heavy atom. The van der Waals surface area contributed by atoms with Crippen molar-refractivity contribution in [2.24, 2.45) is 0 Å². The lowest BCUT2D eigenvalue weighted by Crippen LogP contribution is -2.11. The molecule has 0 amide bonds. The van der Waals surface area contributed by atoms with Gasteiger partial charge < -0.3 is 10.8 Å². The van der Waals surface area contributed by atoms with Crippen LogP contribution in [0.3, 0.4) is 0 Å². The molecule has 0 aliphatic rings. The van der Waals surface area contributed by atoms with Crippen molar-refractivity contribution >= 4 is 5.69 Å². The number of rotatable bonds is 3. The van der Waals surface area contributed by atoms with Gasteiger partial charge in [-0.1, -0.05) is 0 Å². The first kappa shape index (κ1) is 12.8. The van der Waals surface area contributed by atoms with E-state index < -0.39 is 30.9 Å². The molecule has 1 aromatic carbocycles. The van der Waals surface area contributed by atoms with E-state index in [0.717, 1.165) is 12.1 Å². The van der Waals surface area contributed by atoms with Crippen molar-refractivity contribution in [3.63, 3.8) is 0 Å². The second-order valence-corrected chi connectivity index (χ2v) is 3.44. The minimum absolute atomic E-state index is 0.00995. The Balaban J connectivity index is 2.73. The fraction of sp³-hybridized carbons (Fsp3) is 0.400. The lowest BCUT2D eigenvalue weighted by molar-refractivity contribution is -0.140. The van der Waals surface area contributed by atoms with Crippen molar-refractivity contribution in [3.05, 3.63) is 29.6 Å². The highest BCUT2D eigenvalue weighted by atomic mass is 19.4. The fourth-order valence-corrected chi connectivity index (χ4v) is 1.29. The zero-order chi connectivity index (χ0) is 12.3. The summed E-state index contributed by atoms with van der Waals surface area (Å²) in [5.74, 6) is -0.643. The minimum atomic E-state index is -4.34. The molecule has 0 aromatic heterocycles. The molecule has 1 aromatic rings. The van der Waals surface area contributed by atoms with Crippen LogP contribution in [0.2, 0.25) is 0 Å². The zero-order valence-electron chi connectivity index (χ0n) is 8.26. The second kappa shape index (κ2) is 4.69. The van der Waals surface area contributed by atoms with Crippen molar-refractivity contribution in [3.8, 4) is 0 Å². The smallest absolute Gasteiger partial charge is 0.389 e. The molecule has 0 aliphatic heterocycles. The molecule has 1 rings (SSSR count). The van der Waals surface area contributed by atoms with E-state index in [1.165, 1.54) is 6.07 Å². The van der Waals surface area contributed by atoms with Crippen LogP contribution in [0.15, 0.2) is 18.2 Å². The topological polar surface area (TPSA) is 46.2 Å². The lowest BCUT2D eigenvalue weighted by atomic mass is 10.0. The zero-order valence-corrected chi connectivity index (χ0v) is 8.26. The second-order valence-electron chi connectivity index (χ2n) is 3.44. The number of alkyl halides is 3. The highest BCUT2D eigenvalue weighted by Gasteiger charge is 2.28. The average molecular weight is 237 g/mol. The summed E-state index contributed by atoms with van der Waals surface area (Å²) in [4.78, 5) is 0.